The minimum Gasteiger partial charge on any atom is -0.477 e. The van der Waals surface area contributed by atoms with Crippen molar-refractivity contribution in [2.45, 2.75) is 37.3 Å². The zero-order valence-electron chi connectivity index (χ0n) is 23.6. The summed E-state index contributed by atoms with van der Waals surface area (Å²) in [6.07, 6.45) is 0. The maximum atomic E-state index is 13.1. The molecule has 1 fully saturated rings. The van der Waals surface area contributed by atoms with Crippen LogP contribution in [0.4, 0.5) is 5.13 Å². The number of aliphatic carboxylic acids is 1. The number of ether oxygens (including phenoxy) is 2. The Morgan fingerprint density at radius 2 is 1.98 bits per heavy atom. The highest BCUT2D eigenvalue weighted by molar-refractivity contribution is 8.04. The summed E-state index contributed by atoms with van der Waals surface area (Å²) in [6.45, 7) is 8.37. The maximum Gasteiger partial charge on any atom is 0.353 e. The Kier molecular flexibility index (Phi) is 9.35. The number of carbonyl (C=O) groups excluding carboxylic acids is 3. The molecule has 20 heteroatoms. The van der Waals surface area contributed by atoms with Crippen molar-refractivity contribution in [3.8, 4) is 5.88 Å². The van der Waals surface area contributed by atoms with E-state index in [4.69, 9.17) is 15.2 Å². The molecular formula is C24H26N8O9S3. The molecule has 0 radical (unpaired) electrons. The molecule has 17 nitrogen and oxygen atoms in total. The van der Waals surface area contributed by atoms with E-state index < -0.39 is 64.5 Å². The summed E-state index contributed by atoms with van der Waals surface area (Å²) in [5.41, 5.74) is 3.35. The topological polar surface area (TPSA) is 242 Å². The van der Waals surface area contributed by atoms with Crippen LogP contribution >= 0.6 is 34.9 Å². The maximum absolute atomic E-state index is 13.1. The van der Waals surface area contributed by atoms with Gasteiger partial charge < -0.3 is 30.8 Å². The third kappa shape index (κ3) is 6.55. The van der Waals surface area contributed by atoms with Gasteiger partial charge in [-0.15, -0.1) is 16.4 Å². The second kappa shape index (κ2) is 12.7. The summed E-state index contributed by atoms with van der Waals surface area (Å²) in [7, 11) is 1.48. The number of hydrogen-bond acceptors (Lipinski definition) is 16. The number of carbonyl (C=O) groups is 4. The first-order chi connectivity index (χ1) is 20.6. The van der Waals surface area contributed by atoms with Crippen molar-refractivity contribution in [1.82, 2.24) is 30.0 Å². The van der Waals surface area contributed by atoms with E-state index in [-0.39, 0.29) is 33.0 Å². The smallest absolute Gasteiger partial charge is 0.353 e. The van der Waals surface area contributed by atoms with Crippen molar-refractivity contribution < 1.29 is 39.0 Å². The molecule has 0 spiro atoms. The molecule has 0 saturated carbocycles. The lowest BCUT2D eigenvalue weighted by atomic mass is 9.98. The average Bonchev–Trinajstić information content (AvgIpc) is 3.37. The number of carboxylic acid groups (broad SMARTS) is 1. The molecule has 44 heavy (non-hydrogen) atoms. The van der Waals surface area contributed by atoms with Gasteiger partial charge in [-0.25, -0.2) is 14.5 Å². The van der Waals surface area contributed by atoms with Crippen molar-refractivity contribution in [2.75, 3.05) is 18.3 Å². The fourth-order valence-electron chi connectivity index (χ4n) is 3.79. The van der Waals surface area contributed by atoms with Gasteiger partial charge in [0.05, 0.1) is 5.41 Å². The van der Waals surface area contributed by atoms with Crippen molar-refractivity contribution in [1.29, 1.82) is 0 Å². The zero-order valence-corrected chi connectivity index (χ0v) is 26.0. The number of rotatable bonds is 10. The van der Waals surface area contributed by atoms with E-state index in [1.54, 1.807) is 20.8 Å². The lowest BCUT2D eigenvalue weighted by Crippen LogP contribution is -2.70. The van der Waals surface area contributed by atoms with Gasteiger partial charge in [0, 0.05) is 28.7 Å². The largest absolute Gasteiger partial charge is 0.477 e. The number of nitrogens with zero attached hydrogens (tertiary/aromatic N) is 6. The predicted octanol–water partition coefficient (Wildman–Crippen LogP) is 0.362. The SMILES string of the molecule is C=C1S[C@@H]2[C@H](NC(=O)/C(=N\O)c3csc(N)n3)C(=O)N2C(C(=O)O)=C1CSc1nc(=O)c(OCOC(=O)C(C)(C)C)nn1C. The molecule has 2 aromatic heterocycles. The summed E-state index contributed by atoms with van der Waals surface area (Å²) in [4.78, 5) is 71.6. The number of esters is 1. The lowest BCUT2D eigenvalue weighted by Gasteiger charge is -2.49. The second-order valence-corrected chi connectivity index (χ2v) is 13.1. The van der Waals surface area contributed by atoms with Crippen LogP contribution in [0.3, 0.4) is 0 Å². The molecule has 2 atom stereocenters. The molecular weight excluding hydrogens is 641 g/mol. The monoisotopic (exact) mass is 666 g/mol. The molecule has 4 rings (SSSR count). The van der Waals surface area contributed by atoms with Gasteiger partial charge in [0.2, 0.25) is 6.79 Å². The molecule has 2 aromatic rings. The highest BCUT2D eigenvalue weighted by atomic mass is 32.2. The summed E-state index contributed by atoms with van der Waals surface area (Å²) in [5, 5.41) is 29.6. The number of allylic oxidation sites excluding steroid dienone is 1. The fraction of sp³-hybridized carbons (Fsp3) is 0.375. The molecule has 4 heterocycles. The Hall–Kier alpha value is -4.43. The number of fused-ring (bicyclic) bond motifs is 1. The minimum atomic E-state index is -1.41. The normalized spacial score (nSPS) is 18.5. The number of aromatic nitrogens is 4. The van der Waals surface area contributed by atoms with Gasteiger partial charge in [0.15, 0.2) is 16.0 Å². The van der Waals surface area contributed by atoms with Crippen molar-refractivity contribution >= 4 is 69.5 Å². The number of anilines is 1. The molecule has 5 N–H and O–H groups in total. The van der Waals surface area contributed by atoms with Crippen molar-refractivity contribution in [3.63, 3.8) is 0 Å². The Morgan fingerprint density at radius 3 is 2.57 bits per heavy atom. The van der Waals surface area contributed by atoms with E-state index in [9.17, 15) is 34.3 Å². The van der Waals surface area contributed by atoms with Gasteiger partial charge >= 0.3 is 23.4 Å². The summed E-state index contributed by atoms with van der Waals surface area (Å²) >= 11 is 3.04. The van der Waals surface area contributed by atoms with Crippen LogP contribution in [-0.4, -0.2) is 88.4 Å². The number of thiazole rings is 1. The van der Waals surface area contributed by atoms with Gasteiger partial charge in [-0.05, 0) is 20.8 Å². The van der Waals surface area contributed by atoms with Crippen LogP contribution < -0.4 is 21.3 Å². The first-order valence-electron chi connectivity index (χ1n) is 12.4. The first-order valence-corrected chi connectivity index (χ1v) is 15.2. The number of oxime groups is 1. The molecule has 1 saturated heterocycles. The summed E-state index contributed by atoms with van der Waals surface area (Å²) in [6, 6.07) is -1.15. The van der Waals surface area contributed by atoms with Gasteiger partial charge in [-0.3, -0.25) is 24.1 Å². The second-order valence-electron chi connectivity index (χ2n) is 10.1. The van der Waals surface area contributed by atoms with Crippen LogP contribution in [0.1, 0.15) is 26.5 Å². The number of hydrogen-bond donors (Lipinski definition) is 4. The van der Waals surface area contributed by atoms with E-state index in [1.165, 1.54) is 17.1 Å². The zero-order chi connectivity index (χ0) is 32.5. The molecule has 234 valence electrons. The lowest BCUT2D eigenvalue weighted by molar-refractivity contribution is -0.160. The number of nitrogens with one attached hydrogen (secondary N) is 1. The highest BCUT2D eigenvalue weighted by Gasteiger charge is 2.55. The van der Waals surface area contributed by atoms with Crippen molar-refractivity contribution in [3.05, 3.63) is 44.2 Å². The molecule has 0 unspecified atom stereocenters. The molecule has 2 aliphatic rings. The van der Waals surface area contributed by atoms with E-state index >= 15 is 0 Å². The third-order valence-corrected chi connectivity index (χ3v) is 8.96. The van der Waals surface area contributed by atoms with Gasteiger partial charge in [-0.2, -0.15) is 4.98 Å². The minimum absolute atomic E-state index is 0.00309. The molecule has 0 aliphatic carbocycles. The van der Waals surface area contributed by atoms with Crippen LogP contribution in [0.5, 0.6) is 5.88 Å². The number of aryl methyl sites for hydroxylation is 1. The molecule has 2 amide bonds. The van der Waals surface area contributed by atoms with Crippen LogP contribution in [0.2, 0.25) is 0 Å². The summed E-state index contributed by atoms with van der Waals surface area (Å²) < 4.78 is 11.4. The number of β-lactam (4-membered cyclic amide) rings is 1. The standard InChI is InChI=1S/C24H26N8O9S3/c1-9-10(6-43-23-28-16(34)17(29-31(23)5)40-8-41-21(38)24(2,3)4)14(20(36)37)32-18(35)13(19(32)44-9)27-15(33)12(30-39)11-7-42-22(25)26-11/h7,13,19,39H,1,6,8H2,2-5H3,(H2,25,26)(H,27,33)(H,36,37)/b30-12-/t13-,19-/m1/s1. The Labute approximate surface area is 261 Å². The third-order valence-electron chi connectivity index (χ3n) is 5.98. The molecule has 2 aliphatic heterocycles. The number of carboxylic acids is 1. The Balaban J connectivity index is 1.46. The van der Waals surface area contributed by atoms with E-state index in [0.29, 0.717) is 4.91 Å². The van der Waals surface area contributed by atoms with E-state index in [1.807, 2.05) is 0 Å². The van der Waals surface area contributed by atoms with Crippen LogP contribution in [0, 0.1) is 5.41 Å². The van der Waals surface area contributed by atoms with Crippen LogP contribution in [-0.2, 0) is 31.0 Å². The van der Waals surface area contributed by atoms with E-state index in [0.717, 1.165) is 39.8 Å². The summed E-state index contributed by atoms with van der Waals surface area (Å²) in [5.74, 6) is -4.03. The highest BCUT2D eigenvalue weighted by Crippen LogP contribution is 2.46. The first kappa shape index (κ1) is 32.5. The predicted molar refractivity (Wildman–Crippen MR) is 158 cm³/mol. The number of thioether (sulfide) groups is 2. The fourth-order valence-corrected chi connectivity index (χ4v) is 6.62. The molecule has 0 aromatic carbocycles. The Morgan fingerprint density at radius 1 is 1.27 bits per heavy atom. The van der Waals surface area contributed by atoms with Gasteiger partial charge in [0.25, 0.3) is 11.8 Å². The quantitative estimate of drug-likeness (QED) is 0.0509. The molecule has 0 bridgehead atoms. The number of nitrogens with two attached hydrogens (primary N) is 1. The Bertz CT molecular complexity index is 1680. The van der Waals surface area contributed by atoms with Crippen molar-refractivity contribution in [2.24, 2.45) is 17.6 Å². The van der Waals surface area contributed by atoms with E-state index in [2.05, 4.69) is 32.1 Å². The van der Waals surface area contributed by atoms with Crippen LogP contribution in [0.15, 0.2) is 43.2 Å². The van der Waals surface area contributed by atoms with Gasteiger partial charge in [-0.1, -0.05) is 35.3 Å². The van der Waals surface area contributed by atoms with Crippen LogP contribution in [0.25, 0.3) is 0 Å². The average molecular weight is 667 g/mol. The van der Waals surface area contributed by atoms with Gasteiger partial charge in [0.1, 0.15) is 22.8 Å². The number of nitrogen functional groups attached to an aromatic ring is 1. The number of amides is 2.